The standard InChI is InChI=1S/C15H23NO/c1-2-3-4-5-9-12-14(17)15(16)13-10-7-6-8-11-13/h6-8,10-11,15H,2-5,9,12,16H2,1H3. The van der Waals surface area contributed by atoms with E-state index in [1.54, 1.807) is 0 Å². The summed E-state index contributed by atoms with van der Waals surface area (Å²) in [6.07, 6.45) is 6.45. The summed E-state index contributed by atoms with van der Waals surface area (Å²) in [4.78, 5) is 11.9. The van der Waals surface area contributed by atoms with Crippen LogP contribution in [0.2, 0.25) is 0 Å². The second-order valence-electron chi connectivity index (χ2n) is 4.52. The lowest BCUT2D eigenvalue weighted by molar-refractivity contribution is -0.120. The van der Waals surface area contributed by atoms with Gasteiger partial charge in [0.15, 0.2) is 5.78 Å². The molecule has 0 fully saturated rings. The molecule has 0 aliphatic carbocycles. The Labute approximate surface area is 104 Å². The van der Waals surface area contributed by atoms with Gasteiger partial charge in [-0.15, -0.1) is 0 Å². The van der Waals surface area contributed by atoms with Crippen molar-refractivity contribution in [2.24, 2.45) is 5.73 Å². The van der Waals surface area contributed by atoms with Crippen molar-refractivity contribution in [1.29, 1.82) is 0 Å². The third-order valence-electron chi connectivity index (χ3n) is 3.03. The van der Waals surface area contributed by atoms with Crippen LogP contribution in [0.1, 0.15) is 57.1 Å². The van der Waals surface area contributed by atoms with E-state index in [9.17, 15) is 4.79 Å². The van der Waals surface area contributed by atoms with E-state index in [0.717, 1.165) is 18.4 Å². The van der Waals surface area contributed by atoms with E-state index in [2.05, 4.69) is 6.92 Å². The second kappa shape index (κ2) is 8.02. The summed E-state index contributed by atoms with van der Waals surface area (Å²) in [6.45, 7) is 2.19. The highest BCUT2D eigenvalue weighted by molar-refractivity contribution is 5.84. The molecule has 17 heavy (non-hydrogen) atoms. The number of unbranched alkanes of at least 4 members (excludes halogenated alkanes) is 4. The molecule has 0 saturated heterocycles. The van der Waals surface area contributed by atoms with Crippen LogP contribution < -0.4 is 5.73 Å². The van der Waals surface area contributed by atoms with Gasteiger partial charge in [-0.1, -0.05) is 62.9 Å². The molecule has 94 valence electrons. The Morgan fingerprint density at radius 1 is 1.12 bits per heavy atom. The first-order chi connectivity index (χ1) is 8.25. The third-order valence-corrected chi connectivity index (χ3v) is 3.03. The SMILES string of the molecule is CCCCCCCC(=O)C(N)c1ccccc1. The van der Waals surface area contributed by atoms with Gasteiger partial charge in [-0.05, 0) is 12.0 Å². The van der Waals surface area contributed by atoms with Gasteiger partial charge in [0.05, 0.1) is 6.04 Å². The summed E-state index contributed by atoms with van der Waals surface area (Å²) in [5.74, 6) is 0.160. The minimum Gasteiger partial charge on any atom is -0.318 e. The molecule has 1 atom stereocenters. The quantitative estimate of drug-likeness (QED) is 0.697. The number of hydrogen-bond acceptors (Lipinski definition) is 2. The number of rotatable bonds is 8. The molecule has 1 rings (SSSR count). The van der Waals surface area contributed by atoms with Crippen LogP contribution in [0.4, 0.5) is 0 Å². The van der Waals surface area contributed by atoms with Gasteiger partial charge in [-0.25, -0.2) is 0 Å². The fourth-order valence-corrected chi connectivity index (χ4v) is 1.90. The van der Waals surface area contributed by atoms with E-state index in [1.165, 1.54) is 19.3 Å². The molecule has 2 nitrogen and oxygen atoms in total. The maximum absolute atomic E-state index is 11.9. The lowest BCUT2D eigenvalue weighted by Crippen LogP contribution is -2.21. The zero-order valence-corrected chi connectivity index (χ0v) is 10.7. The van der Waals surface area contributed by atoms with Gasteiger partial charge in [0.2, 0.25) is 0 Å². The topological polar surface area (TPSA) is 43.1 Å². The van der Waals surface area contributed by atoms with Crippen LogP contribution in [-0.4, -0.2) is 5.78 Å². The van der Waals surface area contributed by atoms with Crippen molar-refractivity contribution in [1.82, 2.24) is 0 Å². The Bertz CT molecular complexity index is 321. The van der Waals surface area contributed by atoms with Gasteiger partial charge in [-0.3, -0.25) is 4.79 Å². The summed E-state index contributed by atoms with van der Waals surface area (Å²) in [5.41, 5.74) is 6.85. The Morgan fingerprint density at radius 3 is 2.41 bits per heavy atom. The van der Waals surface area contributed by atoms with Crippen molar-refractivity contribution in [3.63, 3.8) is 0 Å². The van der Waals surface area contributed by atoms with E-state index >= 15 is 0 Å². The van der Waals surface area contributed by atoms with E-state index in [1.807, 2.05) is 30.3 Å². The van der Waals surface area contributed by atoms with Gasteiger partial charge in [-0.2, -0.15) is 0 Å². The number of benzene rings is 1. The highest BCUT2D eigenvalue weighted by atomic mass is 16.1. The number of hydrogen-bond donors (Lipinski definition) is 1. The fourth-order valence-electron chi connectivity index (χ4n) is 1.90. The highest BCUT2D eigenvalue weighted by Gasteiger charge is 2.14. The summed E-state index contributed by atoms with van der Waals surface area (Å²) in [7, 11) is 0. The molecule has 1 aromatic rings. The average Bonchev–Trinajstić information content (AvgIpc) is 2.38. The van der Waals surface area contributed by atoms with Crippen molar-refractivity contribution in [2.45, 2.75) is 51.5 Å². The van der Waals surface area contributed by atoms with E-state index in [-0.39, 0.29) is 5.78 Å². The second-order valence-corrected chi connectivity index (χ2v) is 4.52. The molecule has 0 aliphatic heterocycles. The van der Waals surface area contributed by atoms with Crippen LogP contribution in [0.15, 0.2) is 30.3 Å². The molecular formula is C15H23NO. The van der Waals surface area contributed by atoms with Crippen LogP contribution in [0.25, 0.3) is 0 Å². The van der Waals surface area contributed by atoms with Gasteiger partial charge in [0.25, 0.3) is 0 Å². The van der Waals surface area contributed by atoms with Gasteiger partial charge in [0, 0.05) is 6.42 Å². The van der Waals surface area contributed by atoms with Crippen LogP contribution in [-0.2, 0) is 4.79 Å². The summed E-state index contributed by atoms with van der Waals surface area (Å²) in [6, 6.07) is 9.17. The maximum atomic E-state index is 11.9. The van der Waals surface area contributed by atoms with E-state index < -0.39 is 6.04 Å². The minimum atomic E-state index is -0.442. The Morgan fingerprint density at radius 2 is 1.76 bits per heavy atom. The molecule has 0 heterocycles. The lowest BCUT2D eigenvalue weighted by Gasteiger charge is -2.10. The molecule has 1 aromatic carbocycles. The normalized spacial score (nSPS) is 12.4. The monoisotopic (exact) mass is 233 g/mol. The Balaban J connectivity index is 2.28. The zero-order valence-electron chi connectivity index (χ0n) is 10.7. The van der Waals surface area contributed by atoms with Crippen LogP contribution in [0.5, 0.6) is 0 Å². The number of Topliss-reactive ketones (excluding diaryl/α,β-unsaturated/α-hetero) is 1. The van der Waals surface area contributed by atoms with Crippen LogP contribution in [0.3, 0.4) is 0 Å². The first kappa shape index (κ1) is 13.9. The lowest BCUT2D eigenvalue weighted by atomic mass is 9.99. The fraction of sp³-hybridized carbons (Fsp3) is 0.533. The van der Waals surface area contributed by atoms with Crippen molar-refractivity contribution >= 4 is 5.78 Å². The number of carbonyl (C=O) groups excluding carboxylic acids is 1. The van der Waals surface area contributed by atoms with Crippen molar-refractivity contribution in [3.8, 4) is 0 Å². The highest BCUT2D eigenvalue weighted by Crippen LogP contribution is 2.14. The van der Waals surface area contributed by atoms with Gasteiger partial charge < -0.3 is 5.73 Å². The zero-order chi connectivity index (χ0) is 12.5. The molecular weight excluding hydrogens is 210 g/mol. The van der Waals surface area contributed by atoms with Crippen LogP contribution in [0, 0.1) is 0 Å². The average molecular weight is 233 g/mol. The summed E-state index contributed by atoms with van der Waals surface area (Å²) >= 11 is 0. The predicted molar refractivity (Wildman–Crippen MR) is 71.8 cm³/mol. The molecule has 0 saturated carbocycles. The van der Waals surface area contributed by atoms with E-state index in [4.69, 9.17) is 5.73 Å². The van der Waals surface area contributed by atoms with E-state index in [0.29, 0.717) is 6.42 Å². The Kier molecular flexibility index (Phi) is 6.56. The summed E-state index contributed by atoms with van der Waals surface area (Å²) in [5, 5.41) is 0. The van der Waals surface area contributed by atoms with Crippen molar-refractivity contribution in [2.75, 3.05) is 0 Å². The van der Waals surface area contributed by atoms with Crippen molar-refractivity contribution in [3.05, 3.63) is 35.9 Å². The molecule has 2 N–H and O–H groups in total. The maximum Gasteiger partial charge on any atom is 0.154 e. The first-order valence-corrected chi connectivity index (χ1v) is 6.59. The molecule has 0 spiro atoms. The van der Waals surface area contributed by atoms with Gasteiger partial charge >= 0.3 is 0 Å². The molecule has 0 aromatic heterocycles. The molecule has 0 amide bonds. The Hall–Kier alpha value is -1.15. The van der Waals surface area contributed by atoms with Crippen molar-refractivity contribution < 1.29 is 4.79 Å². The van der Waals surface area contributed by atoms with Crippen LogP contribution >= 0.6 is 0 Å². The molecule has 0 bridgehead atoms. The largest absolute Gasteiger partial charge is 0.318 e. The predicted octanol–water partition coefficient (Wildman–Crippen LogP) is 3.62. The van der Waals surface area contributed by atoms with Gasteiger partial charge in [0.1, 0.15) is 0 Å². The number of ketones is 1. The smallest absolute Gasteiger partial charge is 0.154 e. The molecule has 0 radical (unpaired) electrons. The molecule has 1 unspecified atom stereocenters. The summed E-state index contributed by atoms with van der Waals surface area (Å²) < 4.78 is 0. The minimum absolute atomic E-state index is 0.160. The number of carbonyl (C=O) groups is 1. The third kappa shape index (κ3) is 5.14. The molecule has 2 heteroatoms. The molecule has 0 aliphatic rings. The number of nitrogens with two attached hydrogens (primary N) is 1. The first-order valence-electron chi connectivity index (χ1n) is 6.59.